The van der Waals surface area contributed by atoms with E-state index in [1.54, 1.807) is 7.11 Å². The van der Waals surface area contributed by atoms with Gasteiger partial charge in [0.1, 0.15) is 11.6 Å². The van der Waals surface area contributed by atoms with Crippen LogP contribution < -0.4 is 5.32 Å². The van der Waals surface area contributed by atoms with Crippen LogP contribution in [0, 0.1) is 0 Å². The van der Waals surface area contributed by atoms with Gasteiger partial charge in [0.25, 0.3) is 0 Å². The van der Waals surface area contributed by atoms with Crippen molar-refractivity contribution in [2.75, 3.05) is 25.6 Å². The third-order valence-electron chi connectivity index (χ3n) is 3.26. The van der Waals surface area contributed by atoms with E-state index in [2.05, 4.69) is 40.1 Å². The molecule has 0 bridgehead atoms. The Labute approximate surface area is 123 Å². The molecular weight excluding hydrogens is 306 g/mol. The molecule has 1 saturated carbocycles. The molecule has 1 atom stereocenters. The van der Waals surface area contributed by atoms with Gasteiger partial charge in [-0.1, -0.05) is 13.8 Å². The maximum Gasteiger partial charge on any atom is 0.144 e. The van der Waals surface area contributed by atoms with E-state index in [1.165, 1.54) is 12.8 Å². The molecule has 4 nitrogen and oxygen atoms in total. The van der Waals surface area contributed by atoms with Crippen molar-refractivity contribution in [1.29, 1.82) is 0 Å². The Kier molecular flexibility index (Phi) is 5.16. The summed E-state index contributed by atoms with van der Waals surface area (Å²) in [5.74, 6) is 2.63. The van der Waals surface area contributed by atoms with Gasteiger partial charge in [0, 0.05) is 25.5 Å². The fraction of sp³-hybridized carbons (Fsp3) is 0.714. The van der Waals surface area contributed by atoms with Crippen LogP contribution in [0.2, 0.25) is 0 Å². The topological polar surface area (TPSA) is 47.0 Å². The number of hydrogen-bond acceptors (Lipinski definition) is 4. The molecular formula is C14H22BrN3O. The lowest BCUT2D eigenvalue weighted by molar-refractivity contribution is 0.181. The van der Waals surface area contributed by atoms with Crippen molar-refractivity contribution in [2.45, 2.75) is 44.9 Å². The number of nitrogens with one attached hydrogen (secondary N) is 1. The molecule has 1 fully saturated rings. The Balaban J connectivity index is 2.30. The summed E-state index contributed by atoms with van der Waals surface area (Å²) in [5.41, 5.74) is 1.16. The van der Waals surface area contributed by atoms with Crippen molar-refractivity contribution in [3.8, 4) is 0 Å². The Bertz CT molecular complexity index is 435. The Morgan fingerprint density at radius 1 is 1.42 bits per heavy atom. The molecule has 1 aromatic heterocycles. The summed E-state index contributed by atoms with van der Waals surface area (Å²) in [6.45, 7) is 5.84. The zero-order valence-corrected chi connectivity index (χ0v) is 13.5. The van der Waals surface area contributed by atoms with Gasteiger partial charge in [-0.05, 0) is 35.2 Å². The molecule has 1 heterocycles. The van der Waals surface area contributed by atoms with Crippen molar-refractivity contribution in [2.24, 2.45) is 0 Å². The minimum atomic E-state index is 0.220. The lowest BCUT2D eigenvalue weighted by Gasteiger charge is -2.15. The van der Waals surface area contributed by atoms with Gasteiger partial charge in [0.15, 0.2) is 0 Å². The average Bonchev–Trinajstić information content (AvgIpc) is 3.22. The van der Waals surface area contributed by atoms with E-state index < -0.39 is 0 Å². The molecule has 5 heteroatoms. The van der Waals surface area contributed by atoms with Gasteiger partial charge in [0.05, 0.1) is 16.8 Å². The molecule has 19 heavy (non-hydrogen) atoms. The van der Waals surface area contributed by atoms with Crippen LogP contribution in [0.1, 0.15) is 56.5 Å². The second kappa shape index (κ2) is 6.66. The third-order valence-corrected chi connectivity index (χ3v) is 4.04. The summed E-state index contributed by atoms with van der Waals surface area (Å²) in [5, 5.41) is 3.38. The monoisotopic (exact) mass is 327 g/mol. The summed E-state index contributed by atoms with van der Waals surface area (Å²) < 4.78 is 6.25. The smallest absolute Gasteiger partial charge is 0.144 e. The van der Waals surface area contributed by atoms with Gasteiger partial charge in [-0.15, -0.1) is 0 Å². The number of ether oxygens (including phenoxy) is 1. The molecule has 1 unspecified atom stereocenters. The maximum atomic E-state index is 5.21. The zero-order valence-electron chi connectivity index (χ0n) is 11.9. The average molecular weight is 328 g/mol. The van der Waals surface area contributed by atoms with Gasteiger partial charge < -0.3 is 10.1 Å². The normalized spacial score (nSPS) is 16.4. The van der Waals surface area contributed by atoms with Crippen molar-refractivity contribution in [3.63, 3.8) is 0 Å². The Morgan fingerprint density at radius 2 is 2.16 bits per heavy atom. The van der Waals surface area contributed by atoms with Crippen LogP contribution >= 0.6 is 15.9 Å². The fourth-order valence-corrected chi connectivity index (χ4v) is 2.66. The highest BCUT2D eigenvalue weighted by atomic mass is 79.9. The summed E-state index contributed by atoms with van der Waals surface area (Å²) >= 11 is 3.66. The highest BCUT2D eigenvalue weighted by molar-refractivity contribution is 9.10. The molecule has 0 amide bonds. The summed E-state index contributed by atoms with van der Waals surface area (Å²) in [6, 6.07) is 0. The van der Waals surface area contributed by atoms with Crippen LogP contribution in [0.15, 0.2) is 4.47 Å². The fourth-order valence-electron chi connectivity index (χ4n) is 2.02. The summed E-state index contributed by atoms with van der Waals surface area (Å²) in [6.07, 6.45) is 3.56. The molecule has 2 rings (SSSR count). The molecule has 1 aliphatic carbocycles. The minimum Gasteiger partial charge on any atom is -0.384 e. The molecule has 1 N–H and O–H groups in total. The van der Waals surface area contributed by atoms with Crippen molar-refractivity contribution >= 4 is 21.7 Å². The number of methoxy groups -OCH3 is 1. The molecule has 1 aromatic rings. The highest BCUT2D eigenvalue weighted by Crippen LogP contribution is 2.44. The Morgan fingerprint density at radius 3 is 2.74 bits per heavy atom. The number of halogens is 1. The second-order valence-corrected chi connectivity index (χ2v) is 5.98. The van der Waals surface area contributed by atoms with E-state index in [0.29, 0.717) is 12.5 Å². The quantitative estimate of drug-likeness (QED) is 0.829. The largest absolute Gasteiger partial charge is 0.384 e. The molecule has 0 radical (unpaired) electrons. The van der Waals surface area contributed by atoms with Crippen molar-refractivity contribution < 1.29 is 4.74 Å². The SMILES string of the molecule is CCCNc1nc(C(C)COC)nc(C2CC2)c1Br. The van der Waals surface area contributed by atoms with Crippen molar-refractivity contribution in [1.82, 2.24) is 9.97 Å². The first-order valence-electron chi connectivity index (χ1n) is 6.97. The number of nitrogens with zero attached hydrogens (tertiary/aromatic N) is 2. The molecule has 106 valence electrons. The lowest BCUT2D eigenvalue weighted by atomic mass is 10.1. The maximum absolute atomic E-state index is 5.21. The number of anilines is 1. The molecule has 0 aliphatic heterocycles. The predicted molar refractivity (Wildman–Crippen MR) is 80.8 cm³/mol. The van der Waals surface area contributed by atoms with E-state index in [-0.39, 0.29) is 5.92 Å². The predicted octanol–water partition coefficient (Wildman–Crippen LogP) is 3.69. The van der Waals surface area contributed by atoms with Gasteiger partial charge in [-0.3, -0.25) is 0 Å². The molecule has 0 aromatic carbocycles. The number of aromatic nitrogens is 2. The van der Waals surface area contributed by atoms with Crippen LogP contribution in [0.25, 0.3) is 0 Å². The van der Waals surface area contributed by atoms with E-state index in [9.17, 15) is 0 Å². The lowest BCUT2D eigenvalue weighted by Crippen LogP contribution is -2.13. The van der Waals surface area contributed by atoms with Crippen LogP contribution in [0.5, 0.6) is 0 Å². The standard InChI is InChI=1S/C14H22BrN3O/c1-4-7-16-14-11(15)12(10-5-6-10)17-13(18-14)9(2)8-19-3/h9-10H,4-8H2,1-3H3,(H,16,17,18). The van der Waals surface area contributed by atoms with Gasteiger partial charge >= 0.3 is 0 Å². The first-order chi connectivity index (χ1) is 9.17. The Hall–Kier alpha value is -0.680. The van der Waals surface area contributed by atoms with Gasteiger partial charge in [-0.25, -0.2) is 9.97 Å². The van der Waals surface area contributed by atoms with Gasteiger partial charge in [0.2, 0.25) is 0 Å². The third kappa shape index (κ3) is 3.66. The second-order valence-electron chi connectivity index (χ2n) is 5.19. The van der Waals surface area contributed by atoms with Crippen LogP contribution in [-0.4, -0.2) is 30.2 Å². The van der Waals surface area contributed by atoms with Crippen LogP contribution in [-0.2, 0) is 4.74 Å². The van der Waals surface area contributed by atoms with Crippen LogP contribution in [0.4, 0.5) is 5.82 Å². The summed E-state index contributed by atoms with van der Waals surface area (Å²) in [4.78, 5) is 9.39. The van der Waals surface area contributed by atoms with E-state index in [4.69, 9.17) is 9.72 Å². The zero-order chi connectivity index (χ0) is 13.8. The number of rotatable bonds is 7. The van der Waals surface area contributed by atoms with Crippen LogP contribution in [0.3, 0.4) is 0 Å². The molecule has 0 saturated heterocycles. The van der Waals surface area contributed by atoms with E-state index in [0.717, 1.165) is 34.8 Å². The van der Waals surface area contributed by atoms with E-state index in [1.807, 2.05) is 0 Å². The summed E-state index contributed by atoms with van der Waals surface area (Å²) in [7, 11) is 1.72. The molecule has 1 aliphatic rings. The van der Waals surface area contributed by atoms with Crippen molar-refractivity contribution in [3.05, 3.63) is 16.0 Å². The minimum absolute atomic E-state index is 0.220. The first kappa shape index (κ1) is 14.7. The first-order valence-corrected chi connectivity index (χ1v) is 7.76. The molecule has 0 spiro atoms. The highest BCUT2D eigenvalue weighted by Gasteiger charge is 2.30. The number of hydrogen-bond donors (Lipinski definition) is 1. The van der Waals surface area contributed by atoms with E-state index >= 15 is 0 Å². The van der Waals surface area contributed by atoms with Gasteiger partial charge in [-0.2, -0.15) is 0 Å².